The summed E-state index contributed by atoms with van der Waals surface area (Å²) in [5, 5.41) is 0. The van der Waals surface area contributed by atoms with Gasteiger partial charge in [-0.3, -0.25) is 0 Å². The van der Waals surface area contributed by atoms with E-state index in [1.54, 1.807) is 0 Å². The summed E-state index contributed by atoms with van der Waals surface area (Å²) in [7, 11) is -0.870. The first-order valence-corrected chi connectivity index (χ1v) is 2.16. The molecular weight excluding hydrogens is 89.8 g/mol. The highest BCUT2D eigenvalue weighted by Crippen LogP contribution is 2.20. The predicted octanol–water partition coefficient (Wildman–Crippen LogP) is -1.24. The van der Waals surface area contributed by atoms with E-state index in [0.717, 1.165) is 0 Å². The SMILES string of the molecule is BOP(O)O. The molecule has 30 valence electrons. The smallest absolute Gasteiger partial charge is 0.310 e. The van der Waals surface area contributed by atoms with Crippen LogP contribution in [0, 0.1) is 0 Å². The standard InChI is InChI=1S/BH4O3P/c1-4-5(2)3/h2-3H,1H2. The van der Waals surface area contributed by atoms with Crippen LogP contribution in [0.3, 0.4) is 0 Å². The van der Waals surface area contributed by atoms with Gasteiger partial charge in [0, 0.05) is 0 Å². The van der Waals surface area contributed by atoms with Crippen molar-refractivity contribution < 1.29 is 14.2 Å². The third-order valence-corrected chi connectivity index (χ3v) is 0.490. The van der Waals surface area contributed by atoms with E-state index >= 15 is 0 Å². The van der Waals surface area contributed by atoms with E-state index in [1.807, 2.05) is 0 Å². The maximum atomic E-state index is 7.76. The molecule has 5 heavy (non-hydrogen) atoms. The van der Waals surface area contributed by atoms with Crippen LogP contribution in [-0.4, -0.2) is 17.8 Å². The van der Waals surface area contributed by atoms with Crippen LogP contribution in [0.1, 0.15) is 0 Å². The van der Waals surface area contributed by atoms with Gasteiger partial charge in [-0.2, -0.15) is 0 Å². The molecule has 0 fully saturated rings. The summed E-state index contributed by atoms with van der Waals surface area (Å²) in [5.41, 5.74) is 0. The van der Waals surface area contributed by atoms with Crippen molar-refractivity contribution in [2.24, 2.45) is 0 Å². The molecule has 0 saturated carbocycles. The molecule has 0 spiro atoms. The Morgan fingerprint density at radius 1 is 1.60 bits per heavy atom. The fraction of sp³-hybridized carbons (Fsp3) is 0. The molecule has 0 bridgehead atoms. The van der Waals surface area contributed by atoms with Crippen molar-refractivity contribution in [3.8, 4) is 0 Å². The van der Waals surface area contributed by atoms with Crippen molar-refractivity contribution in [3.05, 3.63) is 0 Å². The monoisotopic (exact) mass is 94.0 g/mol. The van der Waals surface area contributed by atoms with Crippen molar-refractivity contribution in [2.75, 3.05) is 0 Å². The van der Waals surface area contributed by atoms with E-state index in [2.05, 4.69) is 4.44 Å². The van der Waals surface area contributed by atoms with Gasteiger partial charge < -0.3 is 14.2 Å². The maximum Gasteiger partial charge on any atom is 0.310 e. The van der Waals surface area contributed by atoms with Gasteiger partial charge in [0.2, 0.25) is 0 Å². The van der Waals surface area contributed by atoms with Gasteiger partial charge in [-0.1, -0.05) is 0 Å². The first-order valence-electron chi connectivity index (χ1n) is 0.991. The lowest BCUT2D eigenvalue weighted by atomic mass is 10.6. The van der Waals surface area contributed by atoms with Crippen molar-refractivity contribution >= 4 is 16.7 Å². The summed E-state index contributed by atoms with van der Waals surface area (Å²) in [6.45, 7) is 0. The normalized spacial score (nSPS) is 9.40. The molecule has 0 unspecified atom stereocenters. The van der Waals surface area contributed by atoms with Gasteiger partial charge in [0.05, 0.1) is 0 Å². The Morgan fingerprint density at radius 3 is 1.80 bits per heavy atom. The predicted molar refractivity (Wildman–Crippen MR) is 21.0 cm³/mol. The molecule has 0 aliphatic rings. The third-order valence-electron chi connectivity index (χ3n) is 0.163. The average molecular weight is 93.8 g/mol. The third kappa shape index (κ3) is 4.37. The molecule has 0 radical (unpaired) electrons. The molecule has 3 nitrogen and oxygen atoms in total. The average Bonchev–Trinajstić information content (AvgIpc) is 1.38. The summed E-state index contributed by atoms with van der Waals surface area (Å²) >= 11 is 0. The van der Waals surface area contributed by atoms with E-state index in [9.17, 15) is 0 Å². The van der Waals surface area contributed by atoms with Crippen LogP contribution in [0.2, 0.25) is 0 Å². The summed E-state index contributed by atoms with van der Waals surface area (Å²) < 4.78 is 3.93. The molecule has 0 aromatic heterocycles. The van der Waals surface area contributed by atoms with Crippen LogP contribution in [0.15, 0.2) is 0 Å². The lowest BCUT2D eigenvalue weighted by molar-refractivity contribution is 0.389. The number of hydrogen-bond acceptors (Lipinski definition) is 3. The summed E-state index contributed by atoms with van der Waals surface area (Å²) in [4.78, 5) is 15.5. The topological polar surface area (TPSA) is 49.7 Å². The van der Waals surface area contributed by atoms with E-state index in [4.69, 9.17) is 9.79 Å². The van der Waals surface area contributed by atoms with Crippen molar-refractivity contribution in [1.82, 2.24) is 0 Å². The quantitative estimate of drug-likeness (QED) is 0.315. The Labute approximate surface area is 32.0 Å². The summed E-state index contributed by atoms with van der Waals surface area (Å²) in [6.07, 6.45) is 0. The highest BCUT2D eigenvalue weighted by Gasteiger charge is 1.85. The van der Waals surface area contributed by atoms with E-state index in [-0.39, 0.29) is 0 Å². The second-order valence-corrected chi connectivity index (χ2v) is 1.31. The van der Waals surface area contributed by atoms with Crippen molar-refractivity contribution in [2.45, 2.75) is 0 Å². The molecule has 0 heterocycles. The Bertz CT molecular complexity index is 20.9. The molecule has 0 atom stereocenters. The Balaban J connectivity index is 2.54. The largest absolute Gasteiger partial charge is 0.383 e. The minimum absolute atomic E-state index is 1.23. The first kappa shape index (κ1) is 5.37. The van der Waals surface area contributed by atoms with Gasteiger partial charge in [-0.25, -0.2) is 0 Å². The lowest BCUT2D eigenvalue weighted by Gasteiger charge is -1.90. The highest BCUT2D eigenvalue weighted by atomic mass is 31.2. The second-order valence-electron chi connectivity index (χ2n) is 0.435. The Kier molecular flexibility index (Phi) is 2.80. The minimum atomic E-state index is -2.10. The molecule has 5 heteroatoms. The Hall–Kier alpha value is 0.375. The van der Waals surface area contributed by atoms with Crippen LogP contribution in [0.5, 0.6) is 0 Å². The number of rotatable bonds is 1. The van der Waals surface area contributed by atoms with E-state index in [1.165, 1.54) is 8.05 Å². The van der Waals surface area contributed by atoms with Gasteiger partial charge in [0.25, 0.3) is 8.05 Å². The lowest BCUT2D eigenvalue weighted by Crippen LogP contribution is -1.70. The molecule has 0 aromatic carbocycles. The van der Waals surface area contributed by atoms with Crippen LogP contribution in [0.25, 0.3) is 0 Å². The maximum absolute atomic E-state index is 7.76. The number of hydrogen-bond donors (Lipinski definition) is 2. The van der Waals surface area contributed by atoms with E-state index < -0.39 is 8.60 Å². The van der Waals surface area contributed by atoms with Gasteiger partial charge in [-0.15, -0.1) is 0 Å². The van der Waals surface area contributed by atoms with Crippen LogP contribution in [-0.2, 0) is 4.44 Å². The molecule has 0 aromatic rings. The molecule has 0 rings (SSSR count). The molecule has 0 aliphatic heterocycles. The highest BCUT2D eigenvalue weighted by molar-refractivity contribution is 7.40. The summed E-state index contributed by atoms with van der Waals surface area (Å²) in [5.74, 6) is 0. The van der Waals surface area contributed by atoms with Crippen molar-refractivity contribution in [1.29, 1.82) is 0 Å². The van der Waals surface area contributed by atoms with Gasteiger partial charge in [-0.05, 0) is 0 Å². The zero-order valence-electron chi connectivity index (χ0n) is 2.75. The summed E-state index contributed by atoms with van der Waals surface area (Å²) in [6, 6.07) is 0. The van der Waals surface area contributed by atoms with Crippen molar-refractivity contribution in [3.63, 3.8) is 0 Å². The van der Waals surface area contributed by atoms with Crippen LogP contribution < -0.4 is 0 Å². The zero-order valence-corrected chi connectivity index (χ0v) is 3.64. The molecule has 0 amide bonds. The Morgan fingerprint density at radius 2 is 1.80 bits per heavy atom. The first-order chi connectivity index (χ1) is 2.27. The minimum Gasteiger partial charge on any atom is -0.383 e. The molecule has 0 saturated heterocycles. The van der Waals surface area contributed by atoms with Gasteiger partial charge in [0.1, 0.15) is 0 Å². The fourth-order valence-corrected chi connectivity index (χ4v) is 0. The molecule has 0 aliphatic carbocycles. The zero-order chi connectivity index (χ0) is 4.28. The molecular formula is H4BO3P. The van der Waals surface area contributed by atoms with Crippen LogP contribution >= 0.6 is 8.60 Å². The van der Waals surface area contributed by atoms with E-state index in [0.29, 0.717) is 0 Å². The van der Waals surface area contributed by atoms with Gasteiger partial charge >= 0.3 is 8.60 Å². The second kappa shape index (κ2) is 2.60. The van der Waals surface area contributed by atoms with Gasteiger partial charge in [0.15, 0.2) is 0 Å². The van der Waals surface area contributed by atoms with Crippen LogP contribution in [0.4, 0.5) is 0 Å². The fourth-order valence-electron chi connectivity index (χ4n) is 0. The molecule has 2 N–H and O–H groups in total.